The Kier molecular flexibility index (Phi) is 5.98. The van der Waals surface area contributed by atoms with Crippen LogP contribution in [0, 0.1) is 11.8 Å². The predicted molar refractivity (Wildman–Crippen MR) is 117 cm³/mol. The molecule has 1 fully saturated rings. The Hall–Kier alpha value is -3.67. The van der Waals surface area contributed by atoms with Gasteiger partial charge in [0.15, 0.2) is 0 Å². The Bertz CT molecular complexity index is 1140. The number of carbonyl (C=O) groups is 3. The molecular weight excluding hydrogens is 392 g/mol. The number of carbonyl (C=O) groups excluding carboxylic acids is 3. The van der Waals surface area contributed by atoms with Crippen molar-refractivity contribution in [2.24, 2.45) is 11.8 Å². The Balaban J connectivity index is 1.56. The third kappa shape index (κ3) is 4.43. The molecule has 1 aliphatic carbocycles. The zero-order valence-electron chi connectivity index (χ0n) is 17.0. The van der Waals surface area contributed by atoms with Gasteiger partial charge in [-0.15, -0.1) is 0 Å². The number of amides is 2. The first-order valence-corrected chi connectivity index (χ1v) is 10.4. The van der Waals surface area contributed by atoms with Crippen LogP contribution in [-0.2, 0) is 9.59 Å². The Morgan fingerprint density at radius 2 is 1.39 bits per heavy atom. The fourth-order valence-corrected chi connectivity index (χ4v) is 4.27. The van der Waals surface area contributed by atoms with E-state index in [0.29, 0.717) is 29.8 Å². The van der Waals surface area contributed by atoms with Crippen molar-refractivity contribution in [2.45, 2.75) is 25.7 Å². The van der Waals surface area contributed by atoms with E-state index in [0.717, 1.165) is 23.6 Å². The van der Waals surface area contributed by atoms with E-state index in [1.165, 1.54) is 0 Å². The fourth-order valence-electron chi connectivity index (χ4n) is 4.27. The molecule has 0 unspecified atom stereocenters. The maximum absolute atomic E-state index is 13.0. The lowest BCUT2D eigenvalue weighted by Gasteiger charge is -2.31. The minimum Gasteiger partial charge on any atom is -0.550 e. The van der Waals surface area contributed by atoms with Crippen molar-refractivity contribution in [3.8, 4) is 0 Å². The van der Waals surface area contributed by atoms with Gasteiger partial charge in [-0.2, -0.15) is 0 Å². The standard InChI is InChI=1S/C25H24N2O4/c28-23(18-11-3-4-12-19(18)25(30)31)27-22-14-6-5-13-20(22)24(29)26-21-15-7-9-16-8-1-2-10-17(16)21/h1-2,5-10,13-15,18-19H,3-4,11-12H2,(H,26,29)(H,27,28)(H,30,31)/p-1/t18-,19+/m0/s1. The summed E-state index contributed by atoms with van der Waals surface area (Å²) < 4.78 is 0. The quantitative estimate of drug-likeness (QED) is 0.665. The number of anilines is 2. The van der Waals surface area contributed by atoms with E-state index < -0.39 is 17.8 Å². The molecular formula is C25H23N2O4-. The summed E-state index contributed by atoms with van der Waals surface area (Å²) in [6.45, 7) is 0. The summed E-state index contributed by atoms with van der Waals surface area (Å²) in [6, 6.07) is 20.1. The summed E-state index contributed by atoms with van der Waals surface area (Å²) >= 11 is 0. The predicted octanol–water partition coefficient (Wildman–Crippen LogP) is 3.59. The van der Waals surface area contributed by atoms with Crippen molar-refractivity contribution in [3.63, 3.8) is 0 Å². The van der Waals surface area contributed by atoms with Crippen LogP contribution < -0.4 is 15.7 Å². The number of benzene rings is 3. The van der Waals surface area contributed by atoms with Crippen LogP contribution in [0.2, 0.25) is 0 Å². The van der Waals surface area contributed by atoms with E-state index in [1.54, 1.807) is 24.3 Å². The second-order valence-electron chi connectivity index (χ2n) is 7.83. The van der Waals surface area contributed by atoms with Crippen LogP contribution in [0.4, 0.5) is 11.4 Å². The van der Waals surface area contributed by atoms with Crippen molar-refractivity contribution in [2.75, 3.05) is 10.6 Å². The van der Waals surface area contributed by atoms with Gasteiger partial charge >= 0.3 is 0 Å². The average Bonchev–Trinajstić information content (AvgIpc) is 2.79. The van der Waals surface area contributed by atoms with Crippen molar-refractivity contribution in [1.82, 2.24) is 0 Å². The summed E-state index contributed by atoms with van der Waals surface area (Å²) in [5, 5.41) is 19.1. The maximum Gasteiger partial charge on any atom is 0.257 e. The smallest absolute Gasteiger partial charge is 0.257 e. The van der Waals surface area contributed by atoms with Gasteiger partial charge in [0.1, 0.15) is 0 Å². The van der Waals surface area contributed by atoms with Gasteiger partial charge in [0.05, 0.1) is 11.3 Å². The van der Waals surface area contributed by atoms with Gasteiger partial charge in [-0.3, -0.25) is 9.59 Å². The summed E-state index contributed by atoms with van der Waals surface area (Å²) in [7, 11) is 0. The summed E-state index contributed by atoms with van der Waals surface area (Å²) in [5.41, 5.74) is 1.34. The number of rotatable bonds is 5. The molecule has 0 aromatic heterocycles. The average molecular weight is 415 g/mol. The van der Waals surface area contributed by atoms with E-state index in [9.17, 15) is 19.5 Å². The van der Waals surface area contributed by atoms with E-state index in [4.69, 9.17) is 0 Å². The zero-order chi connectivity index (χ0) is 21.8. The Morgan fingerprint density at radius 1 is 0.742 bits per heavy atom. The minimum atomic E-state index is -1.19. The van der Waals surface area contributed by atoms with Gasteiger partial charge in [0.2, 0.25) is 5.91 Å². The van der Waals surface area contributed by atoms with Crippen LogP contribution in [-0.4, -0.2) is 17.8 Å². The number of hydrogen-bond acceptors (Lipinski definition) is 4. The number of carboxylic acids is 1. The first-order valence-electron chi connectivity index (χ1n) is 10.4. The zero-order valence-corrected chi connectivity index (χ0v) is 17.0. The van der Waals surface area contributed by atoms with Gasteiger partial charge in [0, 0.05) is 28.9 Å². The Labute approximate surface area is 180 Å². The molecule has 2 atom stereocenters. The number of carboxylic acid groups (broad SMARTS) is 1. The molecule has 158 valence electrons. The van der Waals surface area contributed by atoms with Crippen LogP contribution in [0.1, 0.15) is 36.0 Å². The first kappa shape index (κ1) is 20.6. The third-order valence-electron chi connectivity index (χ3n) is 5.87. The molecule has 2 N–H and O–H groups in total. The normalized spacial score (nSPS) is 18.3. The summed E-state index contributed by atoms with van der Waals surface area (Å²) in [4.78, 5) is 37.4. The largest absolute Gasteiger partial charge is 0.550 e. The molecule has 2 amide bonds. The number of aliphatic carboxylic acids is 1. The van der Waals surface area contributed by atoms with E-state index in [1.807, 2.05) is 42.5 Å². The lowest BCUT2D eigenvalue weighted by atomic mass is 9.78. The van der Waals surface area contributed by atoms with Crippen LogP contribution in [0.5, 0.6) is 0 Å². The molecule has 0 radical (unpaired) electrons. The van der Waals surface area contributed by atoms with Crippen LogP contribution >= 0.6 is 0 Å². The van der Waals surface area contributed by atoms with Gasteiger partial charge in [-0.25, -0.2) is 0 Å². The topological polar surface area (TPSA) is 98.3 Å². The molecule has 1 saturated carbocycles. The molecule has 3 aromatic rings. The molecule has 0 heterocycles. The maximum atomic E-state index is 13.0. The molecule has 3 aromatic carbocycles. The monoisotopic (exact) mass is 415 g/mol. The highest BCUT2D eigenvalue weighted by molar-refractivity contribution is 6.13. The van der Waals surface area contributed by atoms with Crippen LogP contribution in [0.3, 0.4) is 0 Å². The third-order valence-corrected chi connectivity index (χ3v) is 5.87. The van der Waals surface area contributed by atoms with Gasteiger partial charge in [-0.1, -0.05) is 61.4 Å². The Morgan fingerprint density at radius 3 is 2.19 bits per heavy atom. The number of fused-ring (bicyclic) bond motifs is 1. The molecule has 0 aliphatic heterocycles. The number of para-hydroxylation sites is 1. The van der Waals surface area contributed by atoms with E-state index in [-0.39, 0.29) is 11.8 Å². The van der Waals surface area contributed by atoms with Crippen molar-refractivity contribution < 1.29 is 19.5 Å². The number of hydrogen-bond donors (Lipinski definition) is 2. The lowest BCUT2D eigenvalue weighted by molar-refractivity contribution is -0.313. The number of nitrogens with one attached hydrogen (secondary N) is 2. The van der Waals surface area contributed by atoms with Crippen LogP contribution in [0.15, 0.2) is 66.7 Å². The molecule has 0 spiro atoms. The highest BCUT2D eigenvalue weighted by atomic mass is 16.4. The highest BCUT2D eigenvalue weighted by Crippen LogP contribution is 2.31. The van der Waals surface area contributed by atoms with Gasteiger partial charge < -0.3 is 20.5 Å². The summed E-state index contributed by atoms with van der Waals surface area (Å²) in [5.74, 6) is -3.40. The molecule has 1 aliphatic rings. The highest BCUT2D eigenvalue weighted by Gasteiger charge is 2.32. The van der Waals surface area contributed by atoms with Gasteiger partial charge in [0.25, 0.3) is 5.91 Å². The van der Waals surface area contributed by atoms with Crippen molar-refractivity contribution in [3.05, 3.63) is 72.3 Å². The molecule has 0 bridgehead atoms. The van der Waals surface area contributed by atoms with Gasteiger partial charge in [-0.05, 0) is 36.4 Å². The first-order chi connectivity index (χ1) is 15.0. The SMILES string of the molecule is O=C(Nc1cccc2ccccc12)c1ccccc1NC(=O)[C@H]1CCCC[C@H]1C(=O)[O-]. The molecule has 31 heavy (non-hydrogen) atoms. The second-order valence-corrected chi connectivity index (χ2v) is 7.83. The van der Waals surface area contributed by atoms with Crippen molar-refractivity contribution >= 4 is 39.9 Å². The molecule has 4 rings (SSSR count). The summed E-state index contributed by atoms with van der Waals surface area (Å²) in [6.07, 6.45) is 2.50. The van der Waals surface area contributed by atoms with E-state index in [2.05, 4.69) is 10.6 Å². The molecule has 6 heteroatoms. The minimum absolute atomic E-state index is 0.310. The van der Waals surface area contributed by atoms with Crippen LogP contribution in [0.25, 0.3) is 10.8 Å². The second kappa shape index (κ2) is 9.00. The van der Waals surface area contributed by atoms with E-state index >= 15 is 0 Å². The molecule has 0 saturated heterocycles. The van der Waals surface area contributed by atoms with Crippen molar-refractivity contribution in [1.29, 1.82) is 0 Å². The molecule has 6 nitrogen and oxygen atoms in total. The lowest BCUT2D eigenvalue weighted by Crippen LogP contribution is -2.42. The fraction of sp³-hybridized carbons (Fsp3) is 0.240.